The quantitative estimate of drug-likeness (QED) is 0.903. The van der Waals surface area contributed by atoms with Crippen LogP contribution in [0.3, 0.4) is 0 Å². The van der Waals surface area contributed by atoms with E-state index >= 15 is 0 Å². The number of nitrogens with one attached hydrogen (secondary N) is 1. The van der Waals surface area contributed by atoms with Crippen LogP contribution in [0.25, 0.3) is 0 Å². The predicted molar refractivity (Wildman–Crippen MR) is 98.0 cm³/mol. The van der Waals surface area contributed by atoms with Gasteiger partial charge in [-0.3, -0.25) is 4.79 Å². The minimum absolute atomic E-state index is 0.0121. The monoisotopic (exact) mass is 350 g/mol. The van der Waals surface area contributed by atoms with Crippen molar-refractivity contribution in [1.29, 1.82) is 0 Å². The average molecular weight is 350 g/mol. The summed E-state index contributed by atoms with van der Waals surface area (Å²) in [5.41, 5.74) is 3.54. The van der Waals surface area contributed by atoms with E-state index in [4.69, 9.17) is 0 Å². The highest BCUT2D eigenvalue weighted by Gasteiger charge is 2.48. The van der Waals surface area contributed by atoms with Crippen molar-refractivity contribution in [1.82, 2.24) is 10.2 Å². The molecular formula is C22H23FN2O. The molecule has 0 bridgehead atoms. The summed E-state index contributed by atoms with van der Waals surface area (Å²) in [6.07, 6.45) is 1.66. The Balaban J connectivity index is 1.44. The summed E-state index contributed by atoms with van der Waals surface area (Å²) in [4.78, 5) is 15.5. The van der Waals surface area contributed by atoms with E-state index in [0.29, 0.717) is 11.8 Å². The molecule has 0 radical (unpaired) electrons. The summed E-state index contributed by atoms with van der Waals surface area (Å²) < 4.78 is 13.9. The maximum Gasteiger partial charge on any atom is 0.226 e. The number of amides is 1. The van der Waals surface area contributed by atoms with Gasteiger partial charge < -0.3 is 10.2 Å². The molecule has 2 aromatic carbocycles. The molecule has 0 spiro atoms. The molecule has 1 amide bonds. The number of carbonyl (C=O) groups excluding carboxylic acids is 1. The van der Waals surface area contributed by atoms with Gasteiger partial charge in [0.15, 0.2) is 0 Å². The molecule has 0 saturated carbocycles. The minimum Gasteiger partial charge on any atom is -0.335 e. The van der Waals surface area contributed by atoms with E-state index in [-0.39, 0.29) is 23.7 Å². The van der Waals surface area contributed by atoms with Gasteiger partial charge in [0.05, 0.1) is 6.04 Å². The maximum absolute atomic E-state index is 13.9. The Morgan fingerprint density at radius 1 is 1.04 bits per heavy atom. The highest BCUT2D eigenvalue weighted by Crippen LogP contribution is 2.44. The molecule has 0 aromatic heterocycles. The van der Waals surface area contributed by atoms with Crippen molar-refractivity contribution in [3.05, 3.63) is 71.0 Å². The molecule has 2 heterocycles. The van der Waals surface area contributed by atoms with Gasteiger partial charge >= 0.3 is 0 Å². The lowest BCUT2D eigenvalue weighted by Gasteiger charge is -2.30. The predicted octanol–water partition coefficient (Wildman–Crippen LogP) is 2.96. The van der Waals surface area contributed by atoms with Gasteiger partial charge in [-0.25, -0.2) is 4.39 Å². The number of halogens is 1. The van der Waals surface area contributed by atoms with E-state index in [1.165, 1.54) is 17.2 Å². The van der Waals surface area contributed by atoms with Crippen molar-refractivity contribution in [3.63, 3.8) is 0 Å². The second kappa shape index (κ2) is 6.20. The van der Waals surface area contributed by atoms with Crippen LogP contribution in [0, 0.1) is 23.6 Å². The Morgan fingerprint density at radius 2 is 1.81 bits per heavy atom. The molecule has 3 nitrogen and oxygen atoms in total. The van der Waals surface area contributed by atoms with Gasteiger partial charge in [0, 0.05) is 31.5 Å². The van der Waals surface area contributed by atoms with E-state index in [1.807, 2.05) is 18.2 Å². The zero-order valence-electron chi connectivity index (χ0n) is 14.7. The average Bonchev–Trinajstić information content (AvgIpc) is 3.34. The summed E-state index contributed by atoms with van der Waals surface area (Å²) in [6.45, 7) is 2.64. The third kappa shape index (κ3) is 2.55. The number of hydrogen-bond donors (Lipinski definition) is 1. The molecule has 0 unspecified atom stereocenters. The van der Waals surface area contributed by atoms with Gasteiger partial charge in [-0.05, 0) is 47.6 Å². The molecule has 5 rings (SSSR count). The molecule has 3 aliphatic rings. The van der Waals surface area contributed by atoms with Gasteiger partial charge in [-0.2, -0.15) is 0 Å². The lowest BCUT2D eigenvalue weighted by molar-refractivity contribution is -0.136. The van der Waals surface area contributed by atoms with Crippen molar-refractivity contribution in [3.8, 4) is 0 Å². The van der Waals surface area contributed by atoms with Crippen LogP contribution < -0.4 is 5.32 Å². The number of fused-ring (bicyclic) bond motifs is 2. The second-order valence-corrected chi connectivity index (χ2v) is 7.95. The zero-order valence-corrected chi connectivity index (χ0v) is 14.7. The van der Waals surface area contributed by atoms with Crippen LogP contribution in [0.1, 0.15) is 22.7 Å². The standard InChI is InChI=1S/C22H23FN2O/c23-19-7-3-6-16(10-19)21-20-12-24-11-18(20)13-25(21)22(26)17-8-14-4-1-2-5-15(14)9-17/h1-7,10,17-18,20-21,24H,8-9,11-13H2/t18-,20-,21+/m0/s1. The second-order valence-electron chi connectivity index (χ2n) is 7.95. The first-order chi connectivity index (χ1) is 12.7. The maximum atomic E-state index is 13.9. The van der Waals surface area contributed by atoms with Gasteiger partial charge in [0.2, 0.25) is 5.91 Å². The summed E-state index contributed by atoms with van der Waals surface area (Å²) in [7, 11) is 0. The molecule has 2 aliphatic heterocycles. The Hall–Kier alpha value is -2.20. The molecule has 26 heavy (non-hydrogen) atoms. The fourth-order valence-electron chi connectivity index (χ4n) is 5.23. The minimum atomic E-state index is -0.224. The fraction of sp³-hybridized carbons (Fsp3) is 0.409. The number of nitrogens with zero attached hydrogens (tertiary/aromatic N) is 1. The molecular weight excluding hydrogens is 327 g/mol. The molecule has 4 heteroatoms. The third-order valence-corrected chi connectivity index (χ3v) is 6.44. The zero-order chi connectivity index (χ0) is 17.7. The fourth-order valence-corrected chi connectivity index (χ4v) is 5.23. The lowest BCUT2D eigenvalue weighted by Crippen LogP contribution is -2.39. The van der Waals surface area contributed by atoms with E-state index in [2.05, 4.69) is 22.3 Å². The number of hydrogen-bond acceptors (Lipinski definition) is 2. The first-order valence-corrected chi connectivity index (χ1v) is 9.54. The highest BCUT2D eigenvalue weighted by atomic mass is 19.1. The number of rotatable bonds is 2. The van der Waals surface area contributed by atoms with Crippen LogP contribution >= 0.6 is 0 Å². The normalized spacial score (nSPS) is 27.6. The largest absolute Gasteiger partial charge is 0.335 e. The van der Waals surface area contributed by atoms with E-state index in [1.54, 1.807) is 12.1 Å². The van der Waals surface area contributed by atoms with Crippen molar-refractivity contribution in [2.45, 2.75) is 18.9 Å². The number of carbonyl (C=O) groups is 1. The highest BCUT2D eigenvalue weighted by molar-refractivity contribution is 5.81. The number of benzene rings is 2. The van der Waals surface area contributed by atoms with Crippen LogP contribution in [0.4, 0.5) is 4.39 Å². The lowest BCUT2D eigenvalue weighted by atomic mass is 9.89. The molecule has 1 aliphatic carbocycles. The van der Waals surface area contributed by atoms with Gasteiger partial charge in [0.1, 0.15) is 5.82 Å². The van der Waals surface area contributed by atoms with E-state index in [9.17, 15) is 9.18 Å². The molecule has 1 N–H and O–H groups in total. The molecule has 2 saturated heterocycles. The molecule has 134 valence electrons. The first-order valence-electron chi connectivity index (χ1n) is 9.54. The van der Waals surface area contributed by atoms with Crippen LogP contribution in [0.5, 0.6) is 0 Å². The molecule has 3 atom stereocenters. The number of likely N-dealkylation sites (tertiary alicyclic amines) is 1. The summed E-state index contributed by atoms with van der Waals surface area (Å²) >= 11 is 0. The van der Waals surface area contributed by atoms with Crippen LogP contribution in [0.15, 0.2) is 48.5 Å². The van der Waals surface area contributed by atoms with Gasteiger partial charge in [-0.15, -0.1) is 0 Å². The van der Waals surface area contributed by atoms with Crippen molar-refractivity contribution >= 4 is 5.91 Å². The van der Waals surface area contributed by atoms with Crippen molar-refractivity contribution in [2.24, 2.45) is 17.8 Å². The smallest absolute Gasteiger partial charge is 0.226 e. The molecule has 2 aromatic rings. The SMILES string of the molecule is O=C(C1Cc2ccccc2C1)N1C[C@@H]2CNC[C@@H]2[C@H]1c1cccc(F)c1. The Morgan fingerprint density at radius 3 is 2.54 bits per heavy atom. The molecule has 2 fully saturated rings. The third-order valence-electron chi connectivity index (χ3n) is 6.44. The van der Waals surface area contributed by atoms with E-state index in [0.717, 1.165) is 38.0 Å². The Labute approximate surface area is 153 Å². The van der Waals surface area contributed by atoms with Crippen LogP contribution in [-0.4, -0.2) is 30.4 Å². The topological polar surface area (TPSA) is 32.3 Å². The first kappa shape index (κ1) is 16.0. The van der Waals surface area contributed by atoms with Gasteiger partial charge in [-0.1, -0.05) is 36.4 Å². The van der Waals surface area contributed by atoms with Gasteiger partial charge in [0.25, 0.3) is 0 Å². The summed E-state index contributed by atoms with van der Waals surface area (Å²) in [5, 5.41) is 3.45. The van der Waals surface area contributed by atoms with Crippen LogP contribution in [-0.2, 0) is 17.6 Å². The summed E-state index contributed by atoms with van der Waals surface area (Å²) in [5.74, 6) is 0.887. The summed E-state index contributed by atoms with van der Waals surface area (Å²) in [6, 6.07) is 15.2. The Bertz CT molecular complexity index is 827. The van der Waals surface area contributed by atoms with Crippen LogP contribution in [0.2, 0.25) is 0 Å². The van der Waals surface area contributed by atoms with Crippen molar-refractivity contribution in [2.75, 3.05) is 19.6 Å². The Kier molecular flexibility index (Phi) is 3.82. The van der Waals surface area contributed by atoms with E-state index < -0.39 is 0 Å². The van der Waals surface area contributed by atoms with Crippen molar-refractivity contribution < 1.29 is 9.18 Å².